The predicted molar refractivity (Wildman–Crippen MR) is 76.4 cm³/mol. The lowest BCUT2D eigenvalue weighted by Gasteiger charge is -2.11. The molecule has 0 radical (unpaired) electrons. The van der Waals surface area contributed by atoms with Crippen LogP contribution in [0.3, 0.4) is 0 Å². The number of hydrogen-bond acceptors (Lipinski definition) is 3. The highest BCUT2D eigenvalue weighted by Gasteiger charge is 2.24. The van der Waals surface area contributed by atoms with Crippen LogP contribution >= 0.6 is 0 Å². The lowest BCUT2D eigenvalue weighted by molar-refractivity contribution is 0.796. The molecule has 1 aliphatic rings. The molecule has 96 valence electrons. The molecule has 1 fully saturated rings. The first kappa shape index (κ1) is 11.8. The van der Waals surface area contributed by atoms with Crippen LogP contribution in [0.4, 0.5) is 5.82 Å². The Morgan fingerprint density at radius 3 is 2.95 bits per heavy atom. The molecule has 0 aliphatic heterocycles. The molecule has 1 heterocycles. The van der Waals surface area contributed by atoms with E-state index in [4.69, 9.17) is 6.42 Å². The second kappa shape index (κ2) is 4.43. The third-order valence-corrected chi connectivity index (χ3v) is 3.54. The van der Waals surface area contributed by atoms with Gasteiger partial charge in [-0.25, -0.2) is 4.79 Å². The van der Waals surface area contributed by atoms with Crippen molar-refractivity contribution in [1.82, 2.24) is 9.55 Å². The van der Waals surface area contributed by atoms with Crippen molar-refractivity contribution in [3.05, 3.63) is 34.2 Å². The van der Waals surface area contributed by atoms with Gasteiger partial charge in [-0.05, 0) is 36.5 Å². The molecule has 1 N–H and O–H groups in total. The molecule has 0 bridgehead atoms. The molecule has 0 saturated heterocycles. The zero-order valence-corrected chi connectivity index (χ0v) is 10.8. The lowest BCUT2D eigenvalue weighted by atomic mass is 10.1. The quantitative estimate of drug-likeness (QED) is 0.850. The normalized spacial score (nSPS) is 14.3. The molecule has 3 rings (SSSR count). The summed E-state index contributed by atoms with van der Waals surface area (Å²) in [5.41, 5.74) is 1.85. The van der Waals surface area contributed by atoms with Gasteiger partial charge in [0.15, 0.2) is 0 Å². The van der Waals surface area contributed by atoms with Crippen molar-refractivity contribution in [2.75, 3.05) is 12.4 Å². The summed E-state index contributed by atoms with van der Waals surface area (Å²) in [6.45, 7) is 0.250. The van der Waals surface area contributed by atoms with Crippen LogP contribution in [0.15, 0.2) is 23.0 Å². The van der Waals surface area contributed by atoms with Crippen LogP contribution < -0.4 is 11.0 Å². The molecule has 0 atom stereocenters. The van der Waals surface area contributed by atoms with Crippen LogP contribution in [0.25, 0.3) is 10.9 Å². The van der Waals surface area contributed by atoms with Crippen LogP contribution in [0.5, 0.6) is 0 Å². The van der Waals surface area contributed by atoms with Crippen molar-refractivity contribution in [3.8, 4) is 12.3 Å². The largest absolute Gasteiger partial charge is 0.372 e. The Bertz CT molecular complexity index is 735. The fourth-order valence-electron chi connectivity index (χ4n) is 2.40. The fraction of sp³-hybridized carbons (Fsp3) is 0.333. The maximum Gasteiger partial charge on any atom is 0.350 e. The molecule has 0 unspecified atom stereocenters. The van der Waals surface area contributed by atoms with E-state index in [0.717, 1.165) is 10.9 Å². The van der Waals surface area contributed by atoms with Crippen molar-refractivity contribution < 1.29 is 0 Å². The summed E-state index contributed by atoms with van der Waals surface area (Å²) < 4.78 is 1.56. The Morgan fingerprint density at radius 2 is 2.32 bits per heavy atom. The number of rotatable bonds is 3. The minimum Gasteiger partial charge on any atom is -0.372 e. The van der Waals surface area contributed by atoms with E-state index in [-0.39, 0.29) is 12.2 Å². The van der Waals surface area contributed by atoms with Gasteiger partial charge in [0.2, 0.25) is 0 Å². The SMILES string of the molecule is C#CCn1c(=O)nc(NC)c2ccc(C3CC3)cc21. The van der Waals surface area contributed by atoms with Crippen molar-refractivity contribution >= 4 is 16.7 Å². The Morgan fingerprint density at radius 1 is 1.53 bits per heavy atom. The molecule has 0 amide bonds. The van der Waals surface area contributed by atoms with Crippen LogP contribution in [0.1, 0.15) is 24.3 Å². The maximum atomic E-state index is 12.0. The number of nitrogens with zero attached hydrogens (tertiary/aromatic N) is 2. The van der Waals surface area contributed by atoms with Crippen molar-refractivity contribution in [2.45, 2.75) is 25.3 Å². The van der Waals surface area contributed by atoms with Gasteiger partial charge in [-0.3, -0.25) is 4.57 Å². The van der Waals surface area contributed by atoms with Gasteiger partial charge in [0, 0.05) is 12.4 Å². The molecule has 1 aromatic carbocycles. The summed E-state index contributed by atoms with van der Waals surface area (Å²) in [6.07, 6.45) is 7.81. The molecule has 1 aromatic heterocycles. The van der Waals surface area contributed by atoms with Crippen LogP contribution in [0.2, 0.25) is 0 Å². The van der Waals surface area contributed by atoms with E-state index in [1.807, 2.05) is 6.07 Å². The van der Waals surface area contributed by atoms with Crippen molar-refractivity contribution in [3.63, 3.8) is 0 Å². The van der Waals surface area contributed by atoms with E-state index in [9.17, 15) is 4.79 Å². The zero-order chi connectivity index (χ0) is 13.4. The van der Waals surface area contributed by atoms with E-state index in [1.54, 1.807) is 11.6 Å². The van der Waals surface area contributed by atoms with Gasteiger partial charge in [0.05, 0.1) is 12.1 Å². The average Bonchev–Trinajstić information content (AvgIpc) is 3.25. The van der Waals surface area contributed by atoms with Crippen molar-refractivity contribution in [1.29, 1.82) is 0 Å². The Hall–Kier alpha value is -2.28. The number of aromatic nitrogens is 2. The third kappa shape index (κ3) is 1.97. The number of hydrogen-bond donors (Lipinski definition) is 1. The van der Waals surface area contributed by atoms with Crippen LogP contribution in [0, 0.1) is 12.3 Å². The van der Waals surface area contributed by atoms with E-state index >= 15 is 0 Å². The number of terminal acetylenes is 1. The molecule has 0 spiro atoms. The molecular formula is C15H15N3O. The van der Waals surface area contributed by atoms with E-state index in [0.29, 0.717) is 11.7 Å². The first-order valence-electron chi connectivity index (χ1n) is 6.40. The summed E-state index contributed by atoms with van der Waals surface area (Å²) in [6, 6.07) is 6.22. The van der Waals surface area contributed by atoms with E-state index in [1.165, 1.54) is 18.4 Å². The first-order chi connectivity index (χ1) is 9.24. The summed E-state index contributed by atoms with van der Waals surface area (Å²) in [5.74, 6) is 3.77. The van der Waals surface area contributed by atoms with Gasteiger partial charge in [-0.15, -0.1) is 6.42 Å². The molecule has 19 heavy (non-hydrogen) atoms. The summed E-state index contributed by atoms with van der Waals surface area (Å²) >= 11 is 0. The predicted octanol–water partition coefficient (Wildman–Crippen LogP) is 1.95. The number of fused-ring (bicyclic) bond motifs is 1. The fourth-order valence-corrected chi connectivity index (χ4v) is 2.40. The van der Waals surface area contributed by atoms with Crippen LogP contribution in [-0.2, 0) is 6.54 Å². The third-order valence-electron chi connectivity index (χ3n) is 3.54. The van der Waals surface area contributed by atoms with Gasteiger partial charge >= 0.3 is 5.69 Å². The average molecular weight is 253 g/mol. The number of nitrogens with one attached hydrogen (secondary N) is 1. The van der Waals surface area contributed by atoms with E-state index in [2.05, 4.69) is 28.4 Å². The van der Waals surface area contributed by atoms with Crippen molar-refractivity contribution in [2.24, 2.45) is 0 Å². The monoisotopic (exact) mass is 253 g/mol. The maximum absolute atomic E-state index is 12.0. The van der Waals surface area contributed by atoms with Gasteiger partial charge in [0.1, 0.15) is 5.82 Å². The first-order valence-corrected chi connectivity index (χ1v) is 6.40. The second-order valence-corrected chi connectivity index (χ2v) is 4.83. The number of benzene rings is 1. The van der Waals surface area contributed by atoms with Gasteiger partial charge in [-0.1, -0.05) is 12.0 Å². The minimum absolute atomic E-state index is 0.250. The van der Waals surface area contributed by atoms with Gasteiger partial charge in [-0.2, -0.15) is 4.98 Å². The molecule has 4 heteroatoms. The standard InChI is InChI=1S/C15H15N3O/c1-3-8-18-13-9-11(10-4-5-10)6-7-12(13)14(16-2)17-15(18)19/h1,6-7,9-10H,4-5,8H2,2H3,(H,16,17,19). The van der Waals surface area contributed by atoms with Gasteiger partial charge in [0.25, 0.3) is 0 Å². The molecule has 1 aliphatic carbocycles. The lowest BCUT2D eigenvalue weighted by Crippen LogP contribution is -2.24. The smallest absolute Gasteiger partial charge is 0.350 e. The number of anilines is 1. The summed E-state index contributed by atoms with van der Waals surface area (Å²) in [5, 5.41) is 3.90. The second-order valence-electron chi connectivity index (χ2n) is 4.83. The Labute approximate surface area is 111 Å². The van der Waals surface area contributed by atoms with E-state index < -0.39 is 0 Å². The zero-order valence-electron chi connectivity index (χ0n) is 10.8. The topological polar surface area (TPSA) is 46.9 Å². The van der Waals surface area contributed by atoms with Gasteiger partial charge < -0.3 is 5.32 Å². The highest BCUT2D eigenvalue weighted by Crippen LogP contribution is 2.41. The highest BCUT2D eigenvalue weighted by molar-refractivity contribution is 5.89. The minimum atomic E-state index is -0.303. The molecule has 2 aromatic rings. The summed E-state index contributed by atoms with van der Waals surface area (Å²) in [4.78, 5) is 16.0. The molecule has 1 saturated carbocycles. The molecular weight excluding hydrogens is 238 g/mol. The summed E-state index contributed by atoms with van der Waals surface area (Å²) in [7, 11) is 1.77. The molecule has 4 nitrogen and oxygen atoms in total. The Kier molecular flexibility index (Phi) is 2.75. The Balaban J connectivity index is 2.32. The van der Waals surface area contributed by atoms with Crippen LogP contribution in [-0.4, -0.2) is 16.6 Å². The highest BCUT2D eigenvalue weighted by atomic mass is 16.1.